The topological polar surface area (TPSA) is 35.2 Å². The van der Waals surface area contributed by atoms with Crippen LogP contribution in [-0.2, 0) is 0 Å². The van der Waals surface area contributed by atoms with Gasteiger partial charge in [-0.15, -0.1) is 11.3 Å². The molecule has 0 spiro atoms. The quantitative estimate of drug-likeness (QED) is 0.887. The third kappa shape index (κ3) is 3.17. The van der Waals surface area contributed by atoms with Crippen LogP contribution in [0.2, 0.25) is 0 Å². The molecular weight excluding hydrogens is 254 g/mol. The van der Waals surface area contributed by atoms with Gasteiger partial charge in [0.25, 0.3) is 0 Å². The number of rotatable bonds is 5. The molecule has 2 N–H and O–H groups in total. The lowest BCUT2D eigenvalue weighted by molar-refractivity contribution is 0.313. The van der Waals surface area contributed by atoms with Gasteiger partial charge < -0.3 is 10.5 Å². The number of hydrogen-bond acceptors (Lipinski definition) is 3. The SMILES string of the molecule is CCCOc1ccccc1C(N)c1cc(C)c(C)s1. The normalized spacial score (nSPS) is 12.4. The van der Waals surface area contributed by atoms with E-state index in [2.05, 4.69) is 32.9 Å². The van der Waals surface area contributed by atoms with Crippen LogP contribution in [0.4, 0.5) is 0 Å². The van der Waals surface area contributed by atoms with Crippen LogP contribution in [0.15, 0.2) is 30.3 Å². The molecule has 0 aliphatic rings. The average Bonchev–Trinajstić information content (AvgIpc) is 2.76. The van der Waals surface area contributed by atoms with Crippen LogP contribution in [0, 0.1) is 13.8 Å². The monoisotopic (exact) mass is 275 g/mol. The van der Waals surface area contributed by atoms with Crippen molar-refractivity contribution in [1.82, 2.24) is 0 Å². The van der Waals surface area contributed by atoms with Crippen molar-refractivity contribution in [3.05, 3.63) is 51.2 Å². The fourth-order valence-electron chi connectivity index (χ4n) is 1.99. The first kappa shape index (κ1) is 14.1. The van der Waals surface area contributed by atoms with Crippen molar-refractivity contribution in [2.45, 2.75) is 33.2 Å². The summed E-state index contributed by atoms with van der Waals surface area (Å²) in [6, 6.07) is 10.1. The number of thiophene rings is 1. The van der Waals surface area contributed by atoms with Crippen molar-refractivity contribution < 1.29 is 4.74 Å². The highest BCUT2D eigenvalue weighted by Crippen LogP contribution is 2.33. The van der Waals surface area contributed by atoms with Gasteiger partial charge in [0.2, 0.25) is 0 Å². The molecule has 2 rings (SSSR count). The lowest BCUT2D eigenvalue weighted by atomic mass is 10.0. The number of nitrogens with two attached hydrogens (primary N) is 1. The summed E-state index contributed by atoms with van der Waals surface area (Å²) >= 11 is 1.77. The van der Waals surface area contributed by atoms with Crippen molar-refractivity contribution in [3.63, 3.8) is 0 Å². The molecule has 0 saturated carbocycles. The summed E-state index contributed by atoms with van der Waals surface area (Å²) in [5.74, 6) is 0.903. The molecule has 0 radical (unpaired) electrons. The highest BCUT2D eigenvalue weighted by molar-refractivity contribution is 7.12. The highest BCUT2D eigenvalue weighted by Gasteiger charge is 2.16. The number of aryl methyl sites for hydroxylation is 2. The fourth-order valence-corrected chi connectivity index (χ4v) is 3.05. The zero-order valence-electron chi connectivity index (χ0n) is 11.8. The minimum absolute atomic E-state index is 0.106. The standard InChI is InChI=1S/C16H21NOS/c1-4-9-18-14-8-6-5-7-13(14)16(17)15-10-11(2)12(3)19-15/h5-8,10,16H,4,9,17H2,1-3H3. The van der Waals surface area contributed by atoms with Gasteiger partial charge in [-0.1, -0.05) is 25.1 Å². The van der Waals surface area contributed by atoms with Crippen LogP contribution in [-0.4, -0.2) is 6.61 Å². The third-order valence-corrected chi connectivity index (χ3v) is 4.44. The molecule has 2 aromatic rings. The Hall–Kier alpha value is -1.32. The fraction of sp³-hybridized carbons (Fsp3) is 0.375. The van der Waals surface area contributed by atoms with Gasteiger partial charge in [-0.25, -0.2) is 0 Å². The summed E-state index contributed by atoms with van der Waals surface area (Å²) in [5.41, 5.74) is 8.78. The zero-order chi connectivity index (χ0) is 13.8. The minimum Gasteiger partial charge on any atom is -0.493 e. The van der Waals surface area contributed by atoms with Gasteiger partial charge in [0.05, 0.1) is 12.6 Å². The van der Waals surface area contributed by atoms with Crippen LogP contribution >= 0.6 is 11.3 Å². The molecule has 1 heterocycles. The Morgan fingerprint density at radius 3 is 2.63 bits per heavy atom. The third-order valence-electron chi connectivity index (χ3n) is 3.21. The Morgan fingerprint density at radius 2 is 2.00 bits per heavy atom. The molecule has 0 saturated heterocycles. The molecular formula is C16H21NOS. The smallest absolute Gasteiger partial charge is 0.124 e. The van der Waals surface area contributed by atoms with E-state index >= 15 is 0 Å². The summed E-state index contributed by atoms with van der Waals surface area (Å²) < 4.78 is 5.79. The Balaban J connectivity index is 2.30. The maximum Gasteiger partial charge on any atom is 0.124 e. The van der Waals surface area contributed by atoms with E-state index in [1.807, 2.05) is 18.2 Å². The summed E-state index contributed by atoms with van der Waals surface area (Å²) in [5, 5.41) is 0. The predicted molar refractivity (Wildman–Crippen MR) is 82.1 cm³/mol. The lowest BCUT2D eigenvalue weighted by Crippen LogP contribution is -2.12. The molecule has 1 atom stereocenters. The number of para-hydroxylation sites is 1. The van der Waals surface area contributed by atoms with Crippen molar-refractivity contribution in [2.24, 2.45) is 5.73 Å². The van der Waals surface area contributed by atoms with E-state index < -0.39 is 0 Å². The molecule has 2 nitrogen and oxygen atoms in total. The van der Waals surface area contributed by atoms with Crippen molar-refractivity contribution in [2.75, 3.05) is 6.61 Å². The second-order valence-electron chi connectivity index (χ2n) is 4.75. The van der Waals surface area contributed by atoms with Crippen LogP contribution in [0.5, 0.6) is 5.75 Å². The number of hydrogen-bond donors (Lipinski definition) is 1. The van der Waals surface area contributed by atoms with Crippen molar-refractivity contribution in [3.8, 4) is 5.75 Å². The molecule has 0 fully saturated rings. The van der Waals surface area contributed by atoms with Gasteiger partial charge >= 0.3 is 0 Å². The summed E-state index contributed by atoms with van der Waals surface area (Å²) in [7, 11) is 0. The average molecular weight is 275 g/mol. The highest BCUT2D eigenvalue weighted by atomic mass is 32.1. The maximum absolute atomic E-state index is 6.40. The van der Waals surface area contributed by atoms with Gasteiger partial charge in [0.15, 0.2) is 0 Å². The van der Waals surface area contributed by atoms with Gasteiger partial charge in [0.1, 0.15) is 5.75 Å². The first-order valence-corrected chi connectivity index (χ1v) is 7.49. The molecule has 1 aromatic heterocycles. The van der Waals surface area contributed by atoms with Gasteiger partial charge in [-0.05, 0) is 38.0 Å². The molecule has 3 heteroatoms. The second-order valence-corrected chi connectivity index (χ2v) is 6.04. The summed E-state index contributed by atoms with van der Waals surface area (Å²) in [6.07, 6.45) is 1.00. The second kappa shape index (κ2) is 6.22. The van der Waals surface area contributed by atoms with Gasteiger partial charge in [0, 0.05) is 15.3 Å². The molecule has 19 heavy (non-hydrogen) atoms. The van der Waals surface area contributed by atoms with E-state index in [1.165, 1.54) is 15.3 Å². The van der Waals surface area contributed by atoms with E-state index in [1.54, 1.807) is 11.3 Å². The largest absolute Gasteiger partial charge is 0.493 e. The zero-order valence-corrected chi connectivity index (χ0v) is 12.6. The Kier molecular flexibility index (Phi) is 4.61. The number of benzene rings is 1. The summed E-state index contributed by atoms with van der Waals surface area (Å²) in [6.45, 7) is 7.10. The van der Waals surface area contributed by atoms with E-state index in [4.69, 9.17) is 10.5 Å². The minimum atomic E-state index is -0.106. The predicted octanol–water partition coefficient (Wildman–Crippen LogP) is 4.20. The molecule has 1 unspecified atom stereocenters. The molecule has 1 aromatic carbocycles. The van der Waals surface area contributed by atoms with Crippen molar-refractivity contribution >= 4 is 11.3 Å². The van der Waals surface area contributed by atoms with Crippen LogP contribution in [0.3, 0.4) is 0 Å². The Morgan fingerprint density at radius 1 is 1.26 bits per heavy atom. The van der Waals surface area contributed by atoms with E-state index in [0.717, 1.165) is 24.3 Å². The molecule has 0 aliphatic carbocycles. The van der Waals surface area contributed by atoms with Gasteiger partial charge in [-0.2, -0.15) is 0 Å². The molecule has 0 bridgehead atoms. The van der Waals surface area contributed by atoms with Crippen molar-refractivity contribution in [1.29, 1.82) is 0 Å². The van der Waals surface area contributed by atoms with Crippen LogP contribution < -0.4 is 10.5 Å². The van der Waals surface area contributed by atoms with Gasteiger partial charge in [-0.3, -0.25) is 0 Å². The summed E-state index contributed by atoms with van der Waals surface area (Å²) in [4.78, 5) is 2.53. The molecule has 0 aliphatic heterocycles. The van der Waals surface area contributed by atoms with E-state index in [-0.39, 0.29) is 6.04 Å². The van der Waals surface area contributed by atoms with E-state index in [0.29, 0.717) is 0 Å². The molecule has 102 valence electrons. The first-order chi connectivity index (χ1) is 9.13. The molecule has 0 amide bonds. The first-order valence-electron chi connectivity index (χ1n) is 6.67. The maximum atomic E-state index is 6.40. The van der Waals surface area contributed by atoms with Crippen LogP contribution in [0.25, 0.3) is 0 Å². The number of ether oxygens (including phenoxy) is 1. The Labute approximate surface area is 119 Å². The lowest BCUT2D eigenvalue weighted by Gasteiger charge is -2.15. The van der Waals surface area contributed by atoms with Crippen LogP contribution in [0.1, 0.15) is 40.3 Å². The Bertz CT molecular complexity index is 528. The van der Waals surface area contributed by atoms with E-state index in [9.17, 15) is 0 Å².